The van der Waals surface area contributed by atoms with Gasteiger partial charge in [-0.15, -0.1) is 0 Å². The third-order valence-corrected chi connectivity index (χ3v) is 6.38. The number of nitrogens with one attached hydrogen (secondary N) is 1. The molecule has 1 heterocycles. The number of rotatable bonds is 11. The van der Waals surface area contributed by atoms with E-state index in [9.17, 15) is 14.4 Å². The molecular weight excluding hydrogens is 478 g/mol. The monoisotopic (exact) mass is 521 g/mol. The quantitative estimate of drug-likeness (QED) is 0.172. The van der Waals surface area contributed by atoms with Crippen LogP contribution < -0.4 is 21.8 Å². The Balaban J connectivity index is 0.00000118. The minimum Gasteiger partial charge on any atom is -0.396 e. The molecule has 3 rings (SSSR count). The minimum absolute atomic E-state index is 0.0841. The topological polar surface area (TPSA) is 122 Å². The second-order valence-corrected chi connectivity index (χ2v) is 9.39. The highest BCUT2D eigenvalue weighted by Crippen LogP contribution is 2.36. The third-order valence-electron chi connectivity index (χ3n) is 6.38. The normalized spacial score (nSPS) is 14.2. The van der Waals surface area contributed by atoms with Crippen LogP contribution in [0.5, 0.6) is 0 Å². The second kappa shape index (κ2) is 16.2. The van der Waals surface area contributed by atoms with Gasteiger partial charge in [-0.05, 0) is 24.5 Å². The summed E-state index contributed by atoms with van der Waals surface area (Å²) in [5, 5.41) is 4.36. The lowest BCUT2D eigenvalue weighted by Crippen LogP contribution is -2.35. The van der Waals surface area contributed by atoms with Crippen molar-refractivity contribution < 1.29 is 14.4 Å². The fraction of sp³-hybridized carbons (Fsp3) is 0.433. The first kappa shape index (κ1) is 30.6. The van der Waals surface area contributed by atoms with E-state index in [4.69, 9.17) is 11.6 Å². The average molecular weight is 522 g/mol. The van der Waals surface area contributed by atoms with Crippen LogP contribution in [0.15, 0.2) is 48.5 Å². The fourth-order valence-electron chi connectivity index (χ4n) is 4.16. The van der Waals surface area contributed by atoms with Gasteiger partial charge in [0.25, 0.3) is 0 Å². The summed E-state index contributed by atoms with van der Waals surface area (Å²) in [4.78, 5) is 37.6. The van der Waals surface area contributed by atoms with Crippen molar-refractivity contribution in [1.29, 1.82) is 0 Å². The van der Waals surface area contributed by atoms with Crippen LogP contribution in [0, 0.1) is 0 Å². The molecule has 1 aliphatic heterocycles. The van der Waals surface area contributed by atoms with Crippen molar-refractivity contribution in [1.82, 2.24) is 10.3 Å². The van der Waals surface area contributed by atoms with Gasteiger partial charge in [0.05, 0.1) is 23.6 Å². The standard InChI is InChI=1S/C26H33N5O3.C4H10/c1-30(28)26-20-11-5-4-10-19(20)18-31(22-13-7-6-12-21(22)25(26)27)24(34)15-14-23(33)29-16-8-2-3-9-17-32;1-3-4-2/h4-7,10-13,17H,2-3,8-9,14-16,18,27-28H2,1H3,(H,29,33);3-4H2,1-2H3/b26-25-;. The number of aldehydes is 1. The van der Waals surface area contributed by atoms with E-state index in [1.54, 1.807) is 11.9 Å². The highest BCUT2D eigenvalue weighted by Gasteiger charge is 2.27. The number of nitrogens with two attached hydrogens (primary N) is 2. The molecule has 38 heavy (non-hydrogen) atoms. The molecule has 8 nitrogen and oxygen atoms in total. The second-order valence-electron chi connectivity index (χ2n) is 9.39. The summed E-state index contributed by atoms with van der Waals surface area (Å²) in [6.45, 7) is 5.25. The van der Waals surface area contributed by atoms with E-state index in [2.05, 4.69) is 19.2 Å². The Morgan fingerprint density at radius 1 is 0.974 bits per heavy atom. The Bertz CT molecular complexity index is 1090. The number of carbonyl (C=O) groups is 3. The minimum atomic E-state index is -0.157. The van der Waals surface area contributed by atoms with Crippen LogP contribution in [0.25, 0.3) is 11.4 Å². The molecule has 2 aromatic rings. The molecular formula is C30H43N5O3. The summed E-state index contributed by atoms with van der Waals surface area (Å²) in [6.07, 6.45) is 6.81. The largest absolute Gasteiger partial charge is 0.396 e. The van der Waals surface area contributed by atoms with E-state index in [0.29, 0.717) is 36.6 Å². The summed E-state index contributed by atoms with van der Waals surface area (Å²) < 4.78 is 0. The highest BCUT2D eigenvalue weighted by molar-refractivity contribution is 6.01. The van der Waals surface area contributed by atoms with Gasteiger partial charge in [-0.25, -0.2) is 5.84 Å². The molecule has 0 aromatic heterocycles. The number of para-hydroxylation sites is 1. The predicted octanol–water partition coefficient (Wildman–Crippen LogP) is 4.59. The number of hydrazine groups is 1. The number of hydrogen-bond acceptors (Lipinski definition) is 6. The maximum absolute atomic E-state index is 13.3. The van der Waals surface area contributed by atoms with E-state index < -0.39 is 0 Å². The van der Waals surface area contributed by atoms with Crippen molar-refractivity contribution in [3.63, 3.8) is 0 Å². The number of fused-ring (bicyclic) bond motifs is 2. The number of unbranched alkanes of at least 4 members (excludes halogenated alkanes) is 4. The number of nitrogens with zero attached hydrogens (tertiary/aromatic N) is 2. The van der Waals surface area contributed by atoms with Gasteiger partial charge in [0, 0.05) is 44.0 Å². The van der Waals surface area contributed by atoms with Crippen molar-refractivity contribution >= 4 is 35.2 Å². The van der Waals surface area contributed by atoms with Crippen molar-refractivity contribution in [2.45, 2.75) is 71.8 Å². The summed E-state index contributed by atoms with van der Waals surface area (Å²) in [6, 6.07) is 15.2. The molecule has 0 spiro atoms. The molecule has 206 valence electrons. The highest BCUT2D eigenvalue weighted by atomic mass is 16.2. The maximum Gasteiger partial charge on any atom is 0.227 e. The predicted molar refractivity (Wildman–Crippen MR) is 154 cm³/mol. The van der Waals surface area contributed by atoms with Gasteiger partial charge in [-0.1, -0.05) is 75.6 Å². The average Bonchev–Trinajstić information content (AvgIpc) is 2.92. The van der Waals surface area contributed by atoms with E-state index in [-0.39, 0.29) is 24.7 Å². The molecule has 0 bridgehead atoms. The molecule has 8 heteroatoms. The molecule has 0 fully saturated rings. The number of amides is 2. The first-order valence-electron chi connectivity index (χ1n) is 13.5. The molecule has 0 atom stereocenters. The summed E-state index contributed by atoms with van der Waals surface area (Å²) in [5.74, 6) is 5.85. The van der Waals surface area contributed by atoms with Gasteiger partial charge in [-0.2, -0.15) is 0 Å². The van der Waals surface area contributed by atoms with Crippen molar-refractivity contribution in [3.05, 3.63) is 65.2 Å². The van der Waals surface area contributed by atoms with Crippen molar-refractivity contribution in [2.24, 2.45) is 11.6 Å². The van der Waals surface area contributed by atoms with Crippen molar-refractivity contribution in [3.8, 4) is 0 Å². The molecule has 0 saturated heterocycles. The molecule has 0 radical (unpaired) electrons. The van der Waals surface area contributed by atoms with E-state index in [1.807, 2.05) is 48.5 Å². The number of hydrogen-bond donors (Lipinski definition) is 3. The van der Waals surface area contributed by atoms with Gasteiger partial charge in [0.15, 0.2) is 0 Å². The number of anilines is 1. The van der Waals surface area contributed by atoms with Crippen LogP contribution >= 0.6 is 0 Å². The zero-order chi connectivity index (χ0) is 27.9. The molecule has 0 aliphatic carbocycles. The Morgan fingerprint density at radius 3 is 2.29 bits per heavy atom. The van der Waals surface area contributed by atoms with Crippen molar-refractivity contribution in [2.75, 3.05) is 18.5 Å². The molecule has 1 aliphatic rings. The molecule has 0 unspecified atom stereocenters. The molecule has 2 amide bonds. The van der Waals surface area contributed by atoms with E-state index >= 15 is 0 Å². The lowest BCUT2D eigenvalue weighted by atomic mass is 9.95. The Kier molecular flexibility index (Phi) is 13.1. The molecule has 0 saturated carbocycles. The van der Waals surface area contributed by atoms with Crippen LogP contribution in [0.4, 0.5) is 5.69 Å². The van der Waals surface area contributed by atoms with Crippen LogP contribution in [-0.2, 0) is 20.9 Å². The summed E-state index contributed by atoms with van der Waals surface area (Å²) in [7, 11) is 1.74. The lowest BCUT2D eigenvalue weighted by molar-refractivity contribution is -0.125. The molecule has 2 aromatic carbocycles. The Labute approximate surface area is 227 Å². The maximum atomic E-state index is 13.3. The van der Waals surface area contributed by atoms with Gasteiger partial charge >= 0.3 is 0 Å². The summed E-state index contributed by atoms with van der Waals surface area (Å²) in [5.41, 5.74) is 11.0. The third kappa shape index (κ3) is 8.73. The van der Waals surface area contributed by atoms with Crippen LogP contribution in [0.3, 0.4) is 0 Å². The van der Waals surface area contributed by atoms with E-state index in [1.165, 1.54) is 17.9 Å². The van der Waals surface area contributed by atoms with Crippen LogP contribution in [0.2, 0.25) is 0 Å². The first-order chi connectivity index (χ1) is 18.3. The van der Waals surface area contributed by atoms with Crippen LogP contribution in [0.1, 0.15) is 81.9 Å². The Hall–Kier alpha value is -3.65. The Morgan fingerprint density at radius 2 is 1.63 bits per heavy atom. The SMILES string of the molecule is CCCC.CN(N)/C1=C(\N)c2ccccc2N(C(=O)CCC(=O)NCCCCCC=O)Cc2ccccc21. The van der Waals surface area contributed by atoms with Gasteiger partial charge in [0.1, 0.15) is 6.29 Å². The van der Waals surface area contributed by atoms with Crippen LogP contribution in [-0.4, -0.2) is 36.7 Å². The van der Waals surface area contributed by atoms with Gasteiger partial charge in [0.2, 0.25) is 11.8 Å². The number of carbonyl (C=O) groups excluding carboxylic acids is 3. The molecule has 5 N–H and O–H groups in total. The lowest BCUT2D eigenvalue weighted by Gasteiger charge is -2.31. The first-order valence-corrected chi connectivity index (χ1v) is 13.5. The van der Waals surface area contributed by atoms with Gasteiger partial charge in [-0.3, -0.25) is 9.59 Å². The fourth-order valence-corrected chi connectivity index (χ4v) is 4.16. The zero-order valence-electron chi connectivity index (χ0n) is 23.0. The van der Waals surface area contributed by atoms with E-state index in [0.717, 1.165) is 42.2 Å². The zero-order valence-corrected chi connectivity index (χ0v) is 23.0. The number of benzene rings is 2. The summed E-state index contributed by atoms with van der Waals surface area (Å²) >= 11 is 0. The van der Waals surface area contributed by atoms with Gasteiger partial charge < -0.3 is 25.8 Å². The smallest absolute Gasteiger partial charge is 0.227 e.